The van der Waals surface area contributed by atoms with Crippen LogP contribution in [0.15, 0.2) is 60.9 Å². The Hall–Kier alpha value is -2.60. The monoisotopic (exact) mass is 444 g/mol. The van der Waals surface area contributed by atoms with Crippen LogP contribution in [-0.4, -0.2) is 20.0 Å². The van der Waals surface area contributed by atoms with Gasteiger partial charge in [0.1, 0.15) is 0 Å². The molecular formula is C28H36N4O. The summed E-state index contributed by atoms with van der Waals surface area (Å²) in [5.74, 6) is 0.517. The van der Waals surface area contributed by atoms with Crippen LogP contribution in [0, 0.1) is 5.92 Å². The van der Waals surface area contributed by atoms with Crippen molar-refractivity contribution in [2.45, 2.75) is 71.3 Å². The van der Waals surface area contributed by atoms with E-state index in [-0.39, 0.29) is 18.7 Å². The summed E-state index contributed by atoms with van der Waals surface area (Å²) in [6.07, 6.45) is 8.12. The van der Waals surface area contributed by atoms with Gasteiger partial charge in [-0.2, -0.15) is 0 Å². The Balaban J connectivity index is 1.80. The van der Waals surface area contributed by atoms with Crippen LogP contribution >= 0.6 is 0 Å². The van der Waals surface area contributed by atoms with Gasteiger partial charge in [0.25, 0.3) is 0 Å². The van der Waals surface area contributed by atoms with Crippen LogP contribution in [0.3, 0.4) is 0 Å². The van der Waals surface area contributed by atoms with E-state index in [0.29, 0.717) is 12.5 Å². The van der Waals surface area contributed by atoms with Crippen molar-refractivity contribution in [3.63, 3.8) is 0 Å². The van der Waals surface area contributed by atoms with E-state index < -0.39 is 0 Å². The highest BCUT2D eigenvalue weighted by Gasteiger charge is 2.34. The molecule has 2 unspecified atom stereocenters. The highest BCUT2D eigenvalue weighted by molar-refractivity contribution is 5.33. The maximum atomic E-state index is 10.1. The summed E-state index contributed by atoms with van der Waals surface area (Å²) in [6.45, 7) is 5.76. The van der Waals surface area contributed by atoms with E-state index in [9.17, 15) is 5.11 Å². The molecule has 0 radical (unpaired) electrons. The van der Waals surface area contributed by atoms with Gasteiger partial charge in [0.15, 0.2) is 0 Å². The summed E-state index contributed by atoms with van der Waals surface area (Å²) in [7, 11) is 0. The molecule has 1 aliphatic rings. The molecule has 5 heteroatoms. The summed E-state index contributed by atoms with van der Waals surface area (Å²) >= 11 is 0. The first-order valence-electron chi connectivity index (χ1n) is 12.1. The number of aromatic nitrogens is 2. The largest absolute Gasteiger partial charge is 0.392 e. The van der Waals surface area contributed by atoms with Crippen molar-refractivity contribution in [3.8, 4) is 0 Å². The minimum Gasteiger partial charge on any atom is -0.392 e. The molecule has 1 aliphatic carbocycles. The fraction of sp³-hybridized carbons (Fsp3) is 0.429. The molecule has 174 valence electrons. The van der Waals surface area contributed by atoms with E-state index in [1.165, 1.54) is 11.3 Å². The molecule has 0 amide bonds. The SMILES string of the molecule is CC(C)CC(c1ccccn1)N(Cc1ccc(CN)cc1CO)C1CCCc2cccnc21. The number of aliphatic hydroxyl groups is 1. The van der Waals surface area contributed by atoms with Gasteiger partial charge in [0.2, 0.25) is 0 Å². The molecule has 2 heterocycles. The zero-order valence-electron chi connectivity index (χ0n) is 19.8. The van der Waals surface area contributed by atoms with Crippen LogP contribution in [0.1, 0.15) is 78.8 Å². The zero-order chi connectivity index (χ0) is 23.2. The van der Waals surface area contributed by atoms with Gasteiger partial charge in [0, 0.05) is 25.5 Å². The second-order valence-corrected chi connectivity index (χ2v) is 9.49. The Labute approximate surface area is 197 Å². The lowest BCUT2D eigenvalue weighted by Gasteiger charge is -2.41. The number of hydrogen-bond acceptors (Lipinski definition) is 5. The van der Waals surface area contributed by atoms with Gasteiger partial charge in [-0.15, -0.1) is 0 Å². The van der Waals surface area contributed by atoms with Crippen molar-refractivity contribution in [2.75, 3.05) is 0 Å². The van der Waals surface area contributed by atoms with Crippen LogP contribution in [0.4, 0.5) is 0 Å². The number of pyridine rings is 2. The molecule has 5 nitrogen and oxygen atoms in total. The number of benzene rings is 1. The Bertz CT molecular complexity index is 1040. The summed E-state index contributed by atoms with van der Waals surface area (Å²) < 4.78 is 0. The van der Waals surface area contributed by atoms with Gasteiger partial charge in [-0.25, -0.2) is 0 Å². The lowest BCUT2D eigenvalue weighted by Crippen LogP contribution is -2.36. The first-order valence-corrected chi connectivity index (χ1v) is 12.1. The molecule has 3 aromatic rings. The van der Waals surface area contributed by atoms with Crippen molar-refractivity contribution >= 4 is 0 Å². The molecule has 33 heavy (non-hydrogen) atoms. The van der Waals surface area contributed by atoms with Crippen LogP contribution in [0.5, 0.6) is 0 Å². The molecule has 0 aliphatic heterocycles. The highest BCUT2D eigenvalue weighted by atomic mass is 16.3. The minimum absolute atomic E-state index is 0.00888. The molecular weight excluding hydrogens is 408 g/mol. The number of nitrogens with zero attached hydrogens (tertiary/aromatic N) is 3. The molecule has 4 rings (SSSR count). The first-order chi connectivity index (χ1) is 16.1. The van der Waals surface area contributed by atoms with E-state index in [1.807, 2.05) is 30.6 Å². The summed E-state index contributed by atoms with van der Waals surface area (Å²) in [4.78, 5) is 12.2. The Morgan fingerprint density at radius 3 is 2.64 bits per heavy atom. The van der Waals surface area contributed by atoms with E-state index in [1.54, 1.807) is 0 Å². The molecule has 0 fully saturated rings. The molecule has 2 atom stereocenters. The number of rotatable bonds is 9. The third kappa shape index (κ3) is 5.49. The molecule has 0 saturated carbocycles. The molecule has 0 saturated heterocycles. The lowest BCUT2D eigenvalue weighted by molar-refractivity contribution is 0.0889. The van der Waals surface area contributed by atoms with Gasteiger partial charge in [-0.05, 0) is 72.1 Å². The Kier molecular flexibility index (Phi) is 7.86. The normalized spacial score (nSPS) is 16.7. The van der Waals surface area contributed by atoms with Gasteiger partial charge >= 0.3 is 0 Å². The summed E-state index contributed by atoms with van der Waals surface area (Å²) in [5.41, 5.74) is 12.6. The number of aryl methyl sites for hydroxylation is 1. The third-order valence-corrected chi connectivity index (χ3v) is 6.72. The third-order valence-electron chi connectivity index (χ3n) is 6.72. The van der Waals surface area contributed by atoms with E-state index in [2.05, 4.69) is 49.1 Å². The van der Waals surface area contributed by atoms with Crippen LogP contribution in [0.2, 0.25) is 0 Å². The molecule has 0 spiro atoms. The molecule has 3 N–H and O–H groups in total. The molecule has 1 aromatic carbocycles. The van der Waals surface area contributed by atoms with Gasteiger partial charge in [-0.3, -0.25) is 14.9 Å². The Morgan fingerprint density at radius 1 is 1.06 bits per heavy atom. The van der Waals surface area contributed by atoms with Gasteiger partial charge in [0.05, 0.1) is 30.1 Å². The quantitative estimate of drug-likeness (QED) is 0.481. The first kappa shape index (κ1) is 23.6. The van der Waals surface area contributed by atoms with Crippen LogP contribution < -0.4 is 5.73 Å². The van der Waals surface area contributed by atoms with Gasteiger partial charge in [-0.1, -0.05) is 44.2 Å². The predicted molar refractivity (Wildman–Crippen MR) is 132 cm³/mol. The average Bonchev–Trinajstić information content (AvgIpc) is 2.86. The average molecular weight is 445 g/mol. The highest BCUT2D eigenvalue weighted by Crippen LogP contribution is 2.41. The number of aliphatic hydroxyl groups excluding tert-OH is 1. The number of nitrogens with two attached hydrogens (primary N) is 1. The maximum absolute atomic E-state index is 10.1. The lowest BCUT2D eigenvalue weighted by atomic mass is 9.87. The molecule has 2 aromatic heterocycles. The van der Waals surface area contributed by atoms with E-state index >= 15 is 0 Å². The maximum Gasteiger partial charge on any atom is 0.0685 e. The summed E-state index contributed by atoms with van der Waals surface area (Å²) in [5, 5.41) is 10.1. The van der Waals surface area contributed by atoms with E-state index in [0.717, 1.165) is 54.6 Å². The fourth-order valence-corrected chi connectivity index (χ4v) is 5.10. The van der Waals surface area contributed by atoms with E-state index in [4.69, 9.17) is 15.7 Å². The van der Waals surface area contributed by atoms with Crippen molar-refractivity contribution in [1.82, 2.24) is 14.9 Å². The smallest absolute Gasteiger partial charge is 0.0685 e. The standard InChI is InChI=1S/C28H36N4O/c1-20(2)15-27(25-9-3-4-13-30-25)32(18-23-12-11-21(17-29)16-24(23)19-33)26-10-5-7-22-8-6-14-31-28(22)26/h3-4,6,8-9,11-14,16,20,26-27,33H,5,7,10,15,17-19,29H2,1-2H3. The van der Waals surface area contributed by atoms with Crippen molar-refractivity contribution in [2.24, 2.45) is 11.7 Å². The number of hydrogen-bond donors (Lipinski definition) is 2. The minimum atomic E-state index is 0.00888. The van der Waals surface area contributed by atoms with Crippen LogP contribution in [0.25, 0.3) is 0 Å². The predicted octanol–water partition coefficient (Wildman–Crippen LogP) is 5.09. The second kappa shape index (κ2) is 11.0. The van der Waals surface area contributed by atoms with Crippen molar-refractivity contribution in [3.05, 3.63) is 94.6 Å². The van der Waals surface area contributed by atoms with Crippen LogP contribution in [-0.2, 0) is 26.1 Å². The van der Waals surface area contributed by atoms with Gasteiger partial charge < -0.3 is 10.8 Å². The Morgan fingerprint density at radius 2 is 1.91 bits per heavy atom. The topological polar surface area (TPSA) is 75.3 Å². The second-order valence-electron chi connectivity index (χ2n) is 9.49. The number of fused-ring (bicyclic) bond motifs is 1. The van der Waals surface area contributed by atoms with Crippen molar-refractivity contribution < 1.29 is 5.11 Å². The summed E-state index contributed by atoms with van der Waals surface area (Å²) in [6, 6.07) is 17.1. The zero-order valence-corrected chi connectivity index (χ0v) is 19.8. The fourth-order valence-electron chi connectivity index (χ4n) is 5.10. The molecule has 0 bridgehead atoms. The van der Waals surface area contributed by atoms with Crippen molar-refractivity contribution in [1.29, 1.82) is 0 Å².